The number of hydrogen-bond acceptors (Lipinski definition) is 4. The van der Waals surface area contributed by atoms with Gasteiger partial charge < -0.3 is 14.3 Å². The summed E-state index contributed by atoms with van der Waals surface area (Å²) in [5.41, 5.74) is 10.2. The van der Waals surface area contributed by atoms with Gasteiger partial charge in [-0.05, 0) is 71.3 Å². The molecule has 2 unspecified atom stereocenters. The van der Waals surface area contributed by atoms with Crippen molar-refractivity contribution in [2.75, 3.05) is 0 Å². The first-order valence-electron chi connectivity index (χ1n) is 15.5. The first kappa shape index (κ1) is 26.3. The van der Waals surface area contributed by atoms with E-state index in [-0.39, 0.29) is 12.2 Å². The molecule has 218 valence electrons. The van der Waals surface area contributed by atoms with Crippen molar-refractivity contribution in [1.29, 1.82) is 5.26 Å². The molecule has 5 heteroatoms. The van der Waals surface area contributed by atoms with Gasteiger partial charge in [0, 0.05) is 32.9 Å². The lowest BCUT2D eigenvalue weighted by Crippen LogP contribution is -2.39. The number of nitrogens with one attached hydrogen (secondary N) is 2. The average molecular weight is 593 g/mol. The predicted octanol–water partition coefficient (Wildman–Crippen LogP) is 9.53. The van der Waals surface area contributed by atoms with Gasteiger partial charge in [-0.15, -0.1) is 0 Å². The summed E-state index contributed by atoms with van der Waals surface area (Å²) in [6, 6.07) is 50.5. The maximum Gasteiger partial charge on any atom is 0.136 e. The Morgan fingerprint density at radius 2 is 1.37 bits per heavy atom. The third-order valence-corrected chi connectivity index (χ3v) is 9.10. The molecule has 1 aliphatic rings. The highest BCUT2D eigenvalue weighted by Gasteiger charge is 2.25. The van der Waals surface area contributed by atoms with Crippen molar-refractivity contribution in [2.45, 2.75) is 12.2 Å². The minimum Gasteiger partial charge on any atom is -0.456 e. The summed E-state index contributed by atoms with van der Waals surface area (Å²) in [7, 11) is 0. The van der Waals surface area contributed by atoms with E-state index in [1.165, 1.54) is 10.9 Å². The zero-order chi connectivity index (χ0) is 30.6. The zero-order valence-corrected chi connectivity index (χ0v) is 24.8. The van der Waals surface area contributed by atoms with E-state index in [1.54, 1.807) is 0 Å². The maximum absolute atomic E-state index is 9.35. The first-order valence-corrected chi connectivity index (χ1v) is 15.5. The standard InChI is InChI=1S/C41H28N4O/c42-25-26-17-19-28(20-18-26)36-24-35(27-9-2-1-3-10-27)43-41(44-36)29-11-8-12-30(21-29)45-37-15-6-4-13-31(37)33-23-40-34(22-38(33)45)32-14-5-7-16-39(32)46-40/h1-24,35,41,43-44H. The number of nitriles is 1. The van der Waals surface area contributed by atoms with Gasteiger partial charge in [-0.2, -0.15) is 5.26 Å². The Morgan fingerprint density at radius 3 is 2.22 bits per heavy atom. The minimum atomic E-state index is -0.154. The summed E-state index contributed by atoms with van der Waals surface area (Å²) in [6.45, 7) is 0. The Morgan fingerprint density at radius 1 is 0.609 bits per heavy atom. The van der Waals surface area contributed by atoms with E-state index in [0.29, 0.717) is 5.56 Å². The van der Waals surface area contributed by atoms with Gasteiger partial charge in [-0.1, -0.05) is 91.0 Å². The molecule has 9 rings (SSSR count). The van der Waals surface area contributed by atoms with E-state index < -0.39 is 0 Å². The van der Waals surface area contributed by atoms with E-state index in [2.05, 4.69) is 124 Å². The van der Waals surface area contributed by atoms with Crippen LogP contribution in [-0.2, 0) is 0 Å². The van der Waals surface area contributed by atoms with Crippen LogP contribution in [0.25, 0.3) is 55.1 Å². The fourth-order valence-electron chi connectivity index (χ4n) is 6.88. The quantitative estimate of drug-likeness (QED) is 0.214. The minimum absolute atomic E-state index is 0.00218. The van der Waals surface area contributed by atoms with E-state index in [1.807, 2.05) is 42.5 Å². The third-order valence-electron chi connectivity index (χ3n) is 9.10. The van der Waals surface area contributed by atoms with Crippen LogP contribution < -0.4 is 10.6 Å². The SMILES string of the molecule is N#Cc1ccc(C2=CC(c3ccccc3)NC(c3cccc(-n4c5ccccc5c5cc6oc7ccccc7c6cc54)c3)N2)cc1. The lowest BCUT2D eigenvalue weighted by molar-refractivity contribution is 0.442. The second-order valence-electron chi connectivity index (χ2n) is 11.8. The van der Waals surface area contributed by atoms with Gasteiger partial charge in [-0.25, -0.2) is 0 Å². The number of furan rings is 1. The Bertz CT molecular complexity index is 2500. The fourth-order valence-corrected chi connectivity index (χ4v) is 6.88. The van der Waals surface area contributed by atoms with Gasteiger partial charge in [0.1, 0.15) is 17.3 Å². The van der Waals surface area contributed by atoms with Crippen molar-refractivity contribution in [2.24, 2.45) is 0 Å². The van der Waals surface area contributed by atoms with Crippen LogP contribution in [0.5, 0.6) is 0 Å². The molecule has 6 aromatic carbocycles. The van der Waals surface area contributed by atoms with Gasteiger partial charge >= 0.3 is 0 Å². The van der Waals surface area contributed by atoms with Crippen LogP contribution in [0.4, 0.5) is 0 Å². The molecule has 0 bridgehead atoms. The molecule has 0 saturated heterocycles. The normalized spacial score (nSPS) is 16.5. The number of nitrogens with zero attached hydrogens (tertiary/aromatic N) is 2. The van der Waals surface area contributed by atoms with Crippen molar-refractivity contribution in [3.63, 3.8) is 0 Å². The molecule has 5 nitrogen and oxygen atoms in total. The molecule has 0 radical (unpaired) electrons. The molecule has 2 N–H and O–H groups in total. The van der Waals surface area contributed by atoms with Gasteiger partial charge in [0.2, 0.25) is 0 Å². The van der Waals surface area contributed by atoms with Gasteiger partial charge in [0.15, 0.2) is 0 Å². The Hall–Kier alpha value is -6.09. The molecule has 8 aromatic rings. The molecule has 1 aliphatic heterocycles. The summed E-state index contributed by atoms with van der Waals surface area (Å²) in [5.74, 6) is 0. The molecular formula is C41H28N4O. The van der Waals surface area contributed by atoms with Crippen LogP contribution in [0.1, 0.15) is 34.5 Å². The third kappa shape index (κ3) is 4.28. The van der Waals surface area contributed by atoms with Crippen LogP contribution in [0.15, 0.2) is 150 Å². The molecule has 0 fully saturated rings. The van der Waals surface area contributed by atoms with Crippen molar-refractivity contribution in [3.8, 4) is 11.8 Å². The van der Waals surface area contributed by atoms with Crippen molar-refractivity contribution < 1.29 is 4.42 Å². The second-order valence-corrected chi connectivity index (χ2v) is 11.8. The number of para-hydroxylation sites is 2. The Labute approximate surface area is 265 Å². The van der Waals surface area contributed by atoms with Gasteiger partial charge in [0.05, 0.1) is 28.7 Å². The first-order chi connectivity index (χ1) is 22.7. The molecule has 0 aliphatic carbocycles. The van der Waals surface area contributed by atoms with Crippen molar-refractivity contribution in [1.82, 2.24) is 15.2 Å². The number of aromatic nitrogens is 1. The van der Waals surface area contributed by atoms with E-state index >= 15 is 0 Å². The summed E-state index contributed by atoms with van der Waals surface area (Å²) in [5, 5.41) is 21.5. The second kappa shape index (κ2) is 10.5. The van der Waals surface area contributed by atoms with Crippen LogP contribution >= 0.6 is 0 Å². The lowest BCUT2D eigenvalue weighted by atomic mass is 9.98. The van der Waals surface area contributed by atoms with Crippen molar-refractivity contribution >= 4 is 49.4 Å². The summed E-state index contributed by atoms with van der Waals surface area (Å²) in [4.78, 5) is 0. The van der Waals surface area contributed by atoms with Crippen LogP contribution in [0, 0.1) is 11.3 Å². The van der Waals surface area contributed by atoms with Crippen LogP contribution in [-0.4, -0.2) is 4.57 Å². The summed E-state index contributed by atoms with van der Waals surface area (Å²) >= 11 is 0. The molecular weight excluding hydrogens is 564 g/mol. The van der Waals surface area contributed by atoms with Gasteiger partial charge in [0.25, 0.3) is 0 Å². The van der Waals surface area contributed by atoms with Crippen LogP contribution in [0.2, 0.25) is 0 Å². The van der Waals surface area contributed by atoms with Gasteiger partial charge in [-0.3, -0.25) is 5.32 Å². The molecule has 46 heavy (non-hydrogen) atoms. The Kier molecular flexibility index (Phi) is 6.02. The molecule has 0 saturated carbocycles. The number of benzene rings is 6. The largest absolute Gasteiger partial charge is 0.456 e. The zero-order valence-electron chi connectivity index (χ0n) is 24.8. The summed E-state index contributed by atoms with van der Waals surface area (Å²) < 4.78 is 8.65. The highest BCUT2D eigenvalue weighted by Crippen LogP contribution is 2.39. The molecule has 3 heterocycles. The van der Waals surface area contributed by atoms with E-state index in [0.717, 1.165) is 60.9 Å². The van der Waals surface area contributed by atoms with Crippen molar-refractivity contribution in [3.05, 3.63) is 168 Å². The maximum atomic E-state index is 9.35. The molecule has 2 aromatic heterocycles. The molecule has 2 atom stereocenters. The number of fused-ring (bicyclic) bond motifs is 6. The van der Waals surface area contributed by atoms with E-state index in [9.17, 15) is 5.26 Å². The molecule has 0 spiro atoms. The van der Waals surface area contributed by atoms with Crippen LogP contribution in [0.3, 0.4) is 0 Å². The topological polar surface area (TPSA) is 65.9 Å². The number of hydrogen-bond donors (Lipinski definition) is 2. The van der Waals surface area contributed by atoms with E-state index in [4.69, 9.17) is 4.42 Å². The highest BCUT2D eigenvalue weighted by molar-refractivity contribution is 6.17. The number of rotatable bonds is 4. The highest BCUT2D eigenvalue weighted by atomic mass is 16.3. The monoisotopic (exact) mass is 592 g/mol. The molecule has 0 amide bonds. The lowest BCUT2D eigenvalue weighted by Gasteiger charge is -2.33. The Balaban J connectivity index is 1.18. The predicted molar refractivity (Wildman–Crippen MR) is 185 cm³/mol. The average Bonchev–Trinajstić information content (AvgIpc) is 3.65. The smallest absolute Gasteiger partial charge is 0.136 e. The summed E-state index contributed by atoms with van der Waals surface area (Å²) in [6.07, 6.45) is 2.07. The fraction of sp³-hybridized carbons (Fsp3) is 0.0488.